The molecule has 0 saturated carbocycles. The van der Waals surface area contributed by atoms with Crippen LogP contribution in [0.4, 0.5) is 5.69 Å². The van der Waals surface area contributed by atoms with Gasteiger partial charge in [0.15, 0.2) is 6.61 Å². The van der Waals surface area contributed by atoms with Crippen molar-refractivity contribution in [3.63, 3.8) is 0 Å². The number of aryl methyl sites for hydroxylation is 1. The van der Waals surface area contributed by atoms with E-state index in [4.69, 9.17) is 4.74 Å². The fourth-order valence-electron chi connectivity index (χ4n) is 3.03. The van der Waals surface area contributed by atoms with Crippen molar-refractivity contribution in [1.82, 2.24) is 5.32 Å². The Morgan fingerprint density at radius 2 is 1.96 bits per heavy atom. The van der Waals surface area contributed by atoms with Gasteiger partial charge in [0.1, 0.15) is 5.75 Å². The summed E-state index contributed by atoms with van der Waals surface area (Å²) in [5.74, 6) is 0.598. The van der Waals surface area contributed by atoms with Gasteiger partial charge >= 0.3 is 0 Å². The number of anilines is 1. The molecule has 5 nitrogen and oxygen atoms in total. The molecule has 0 spiro atoms. The maximum absolute atomic E-state index is 11.9. The molecule has 1 N–H and O–H groups in total. The maximum atomic E-state index is 11.9. The van der Waals surface area contributed by atoms with Crippen LogP contribution < -0.4 is 15.0 Å². The third-order valence-electron chi connectivity index (χ3n) is 4.38. The second-order valence-electron chi connectivity index (χ2n) is 6.37. The standard InChI is InChI=1S/C21H24N2O3/c24-20(22-13-5-9-17-7-2-1-3-8-17)16-26-19-11-4-10-18(15-19)23-14-6-12-21(23)25/h1-4,7-8,10-11,15H,5-6,9,12-14,16H2,(H,22,24). The van der Waals surface area contributed by atoms with Gasteiger partial charge < -0.3 is 15.0 Å². The zero-order chi connectivity index (χ0) is 18.2. The summed E-state index contributed by atoms with van der Waals surface area (Å²) in [4.78, 5) is 25.5. The first-order chi connectivity index (χ1) is 12.7. The highest BCUT2D eigenvalue weighted by Gasteiger charge is 2.21. The van der Waals surface area contributed by atoms with E-state index in [1.807, 2.05) is 36.4 Å². The Balaban J connectivity index is 1.39. The number of benzene rings is 2. The minimum Gasteiger partial charge on any atom is -0.484 e. The Kier molecular flexibility index (Phi) is 6.25. The minimum absolute atomic E-state index is 0.0251. The molecule has 0 aliphatic carbocycles. The van der Waals surface area contributed by atoms with Crippen LogP contribution in [0.25, 0.3) is 0 Å². The van der Waals surface area contributed by atoms with Gasteiger partial charge in [-0.2, -0.15) is 0 Å². The fourth-order valence-corrected chi connectivity index (χ4v) is 3.03. The molecule has 26 heavy (non-hydrogen) atoms. The molecule has 0 unspecified atom stereocenters. The van der Waals surface area contributed by atoms with E-state index in [1.165, 1.54) is 5.56 Å². The Morgan fingerprint density at radius 3 is 2.73 bits per heavy atom. The minimum atomic E-state index is -0.138. The monoisotopic (exact) mass is 352 g/mol. The van der Waals surface area contributed by atoms with Crippen LogP contribution in [0.5, 0.6) is 5.75 Å². The lowest BCUT2D eigenvalue weighted by molar-refractivity contribution is -0.123. The Hall–Kier alpha value is -2.82. The summed E-state index contributed by atoms with van der Waals surface area (Å²) in [6.07, 6.45) is 3.31. The number of carbonyl (C=O) groups is 2. The lowest BCUT2D eigenvalue weighted by Crippen LogP contribution is -2.30. The van der Waals surface area contributed by atoms with Crippen molar-refractivity contribution in [2.45, 2.75) is 25.7 Å². The first-order valence-corrected chi connectivity index (χ1v) is 9.06. The molecule has 136 valence electrons. The largest absolute Gasteiger partial charge is 0.484 e. The van der Waals surface area contributed by atoms with Crippen molar-refractivity contribution in [2.24, 2.45) is 0 Å². The molecule has 2 aromatic carbocycles. The predicted octanol–water partition coefficient (Wildman–Crippen LogP) is 2.94. The van der Waals surface area contributed by atoms with E-state index >= 15 is 0 Å². The van der Waals surface area contributed by atoms with Crippen molar-refractivity contribution in [1.29, 1.82) is 0 Å². The van der Waals surface area contributed by atoms with Crippen molar-refractivity contribution in [2.75, 3.05) is 24.6 Å². The van der Waals surface area contributed by atoms with Gasteiger partial charge in [-0.25, -0.2) is 0 Å². The van der Waals surface area contributed by atoms with Crippen molar-refractivity contribution in [3.05, 3.63) is 60.2 Å². The van der Waals surface area contributed by atoms with Crippen LogP contribution in [-0.2, 0) is 16.0 Å². The molecule has 5 heteroatoms. The van der Waals surface area contributed by atoms with Crippen LogP contribution >= 0.6 is 0 Å². The number of amides is 2. The molecule has 2 aromatic rings. The van der Waals surface area contributed by atoms with Gasteiger partial charge in [0.25, 0.3) is 5.91 Å². The van der Waals surface area contributed by atoms with E-state index < -0.39 is 0 Å². The number of nitrogens with one attached hydrogen (secondary N) is 1. The van der Waals surface area contributed by atoms with Crippen LogP contribution in [-0.4, -0.2) is 31.5 Å². The molecular weight excluding hydrogens is 328 g/mol. The van der Waals surface area contributed by atoms with Gasteiger partial charge in [-0.1, -0.05) is 36.4 Å². The van der Waals surface area contributed by atoms with Crippen LogP contribution in [0.2, 0.25) is 0 Å². The highest BCUT2D eigenvalue weighted by molar-refractivity contribution is 5.95. The van der Waals surface area contributed by atoms with Gasteiger partial charge in [-0.3, -0.25) is 9.59 Å². The molecule has 0 aromatic heterocycles. The van der Waals surface area contributed by atoms with Crippen LogP contribution in [0, 0.1) is 0 Å². The molecule has 1 saturated heterocycles. The first-order valence-electron chi connectivity index (χ1n) is 9.06. The summed E-state index contributed by atoms with van der Waals surface area (Å²) in [5, 5.41) is 2.87. The van der Waals surface area contributed by atoms with E-state index in [1.54, 1.807) is 11.0 Å². The number of hydrogen-bond donors (Lipinski definition) is 1. The molecular formula is C21H24N2O3. The molecule has 1 aliphatic rings. The normalized spacial score (nSPS) is 13.7. The average molecular weight is 352 g/mol. The number of ether oxygens (including phenoxy) is 1. The summed E-state index contributed by atoms with van der Waals surface area (Å²) in [5.41, 5.74) is 2.10. The quantitative estimate of drug-likeness (QED) is 0.743. The summed E-state index contributed by atoms with van der Waals surface area (Å²) >= 11 is 0. The fraction of sp³-hybridized carbons (Fsp3) is 0.333. The lowest BCUT2D eigenvalue weighted by Gasteiger charge is -2.16. The molecule has 2 amide bonds. The Morgan fingerprint density at radius 1 is 1.12 bits per heavy atom. The third-order valence-corrected chi connectivity index (χ3v) is 4.38. The van der Waals surface area contributed by atoms with Crippen molar-refractivity contribution in [3.8, 4) is 5.75 Å². The molecule has 1 aliphatic heterocycles. The SMILES string of the molecule is O=C(COc1cccc(N2CCCC2=O)c1)NCCCc1ccccc1. The first kappa shape index (κ1) is 18.0. The third kappa shape index (κ3) is 5.09. The second-order valence-corrected chi connectivity index (χ2v) is 6.37. The van der Waals surface area contributed by atoms with Crippen molar-refractivity contribution < 1.29 is 14.3 Å². The van der Waals surface area contributed by atoms with Gasteiger partial charge in [0, 0.05) is 31.3 Å². The van der Waals surface area contributed by atoms with Crippen LogP contribution in [0.15, 0.2) is 54.6 Å². The predicted molar refractivity (Wildman–Crippen MR) is 101 cm³/mol. The van der Waals surface area contributed by atoms with E-state index in [0.717, 1.165) is 31.5 Å². The highest BCUT2D eigenvalue weighted by Crippen LogP contribution is 2.25. The van der Waals surface area contributed by atoms with Crippen LogP contribution in [0.1, 0.15) is 24.8 Å². The number of hydrogen-bond acceptors (Lipinski definition) is 3. The van der Waals surface area contributed by atoms with E-state index in [2.05, 4.69) is 17.4 Å². The topological polar surface area (TPSA) is 58.6 Å². The summed E-state index contributed by atoms with van der Waals surface area (Å²) in [7, 11) is 0. The molecule has 0 bridgehead atoms. The van der Waals surface area contributed by atoms with Gasteiger partial charge in [0.2, 0.25) is 5.91 Å². The Labute approximate surface area is 154 Å². The number of rotatable bonds is 8. The van der Waals surface area contributed by atoms with E-state index in [-0.39, 0.29) is 18.4 Å². The van der Waals surface area contributed by atoms with E-state index in [9.17, 15) is 9.59 Å². The summed E-state index contributed by atoms with van der Waals surface area (Å²) in [6, 6.07) is 17.5. The molecule has 1 fully saturated rings. The van der Waals surface area contributed by atoms with Gasteiger partial charge in [0.05, 0.1) is 0 Å². The molecule has 0 atom stereocenters. The Bertz CT molecular complexity index is 746. The molecule has 0 radical (unpaired) electrons. The molecule has 3 rings (SSSR count). The number of carbonyl (C=O) groups excluding carboxylic acids is 2. The molecule has 1 heterocycles. The van der Waals surface area contributed by atoms with Gasteiger partial charge in [-0.05, 0) is 37.0 Å². The smallest absolute Gasteiger partial charge is 0.257 e. The zero-order valence-electron chi connectivity index (χ0n) is 14.8. The summed E-state index contributed by atoms with van der Waals surface area (Å²) in [6.45, 7) is 1.34. The van der Waals surface area contributed by atoms with Gasteiger partial charge in [-0.15, -0.1) is 0 Å². The second kappa shape index (κ2) is 9.04. The lowest BCUT2D eigenvalue weighted by atomic mass is 10.1. The van der Waals surface area contributed by atoms with E-state index in [0.29, 0.717) is 18.7 Å². The van der Waals surface area contributed by atoms with Crippen molar-refractivity contribution >= 4 is 17.5 Å². The van der Waals surface area contributed by atoms with Crippen LogP contribution in [0.3, 0.4) is 0 Å². The highest BCUT2D eigenvalue weighted by atomic mass is 16.5. The summed E-state index contributed by atoms with van der Waals surface area (Å²) < 4.78 is 5.57. The zero-order valence-corrected chi connectivity index (χ0v) is 14.8. The maximum Gasteiger partial charge on any atom is 0.257 e. The average Bonchev–Trinajstić information content (AvgIpc) is 3.11. The number of nitrogens with zero attached hydrogens (tertiary/aromatic N) is 1.